The summed E-state index contributed by atoms with van der Waals surface area (Å²) in [6.07, 6.45) is 3.20. The number of halogens is 1. The molecule has 1 saturated carbocycles. The first-order valence-electron chi connectivity index (χ1n) is 7.65. The van der Waals surface area contributed by atoms with Gasteiger partial charge in [0.15, 0.2) is 0 Å². The van der Waals surface area contributed by atoms with Crippen molar-refractivity contribution in [1.82, 2.24) is 9.55 Å². The Morgan fingerprint density at radius 1 is 1.54 bits per heavy atom. The van der Waals surface area contributed by atoms with Crippen molar-refractivity contribution in [1.29, 1.82) is 5.26 Å². The average Bonchev–Trinajstić information content (AvgIpc) is 2.81. The maximum absolute atomic E-state index is 12.5. The smallest absolute Gasteiger partial charge is 0.419 e. The lowest BCUT2D eigenvalue weighted by Crippen LogP contribution is -2.40. The fourth-order valence-electron chi connectivity index (χ4n) is 2.99. The van der Waals surface area contributed by atoms with Crippen molar-refractivity contribution in [2.24, 2.45) is 5.92 Å². The summed E-state index contributed by atoms with van der Waals surface area (Å²) in [7, 11) is 0. The summed E-state index contributed by atoms with van der Waals surface area (Å²) in [4.78, 5) is 16.5. The van der Waals surface area contributed by atoms with Crippen molar-refractivity contribution in [3.8, 4) is 6.07 Å². The molecule has 2 aromatic rings. The summed E-state index contributed by atoms with van der Waals surface area (Å²) in [6, 6.07) is 3.71. The maximum Gasteiger partial charge on any atom is 0.419 e. The summed E-state index contributed by atoms with van der Waals surface area (Å²) >= 11 is 5.96. The molecule has 0 unspecified atom stereocenters. The van der Waals surface area contributed by atoms with Gasteiger partial charge >= 0.3 is 6.09 Å². The third-order valence-electron chi connectivity index (χ3n) is 4.10. The van der Waals surface area contributed by atoms with E-state index in [0.29, 0.717) is 29.3 Å². The number of aliphatic hydroxyl groups is 1. The number of carbonyl (C=O) groups excluding carboxylic acids is 1. The Bertz CT molecular complexity index is 854. The Labute approximate surface area is 144 Å². The molecule has 126 valence electrons. The van der Waals surface area contributed by atoms with Crippen molar-refractivity contribution in [2.45, 2.75) is 44.8 Å². The van der Waals surface area contributed by atoms with Crippen LogP contribution < -0.4 is 0 Å². The van der Waals surface area contributed by atoms with Crippen LogP contribution in [0.2, 0.25) is 5.15 Å². The van der Waals surface area contributed by atoms with E-state index in [2.05, 4.69) is 11.1 Å². The molecular formula is C17H18ClN3O3. The normalized spacial score (nSPS) is 23.6. The van der Waals surface area contributed by atoms with Crippen molar-refractivity contribution in [3.05, 3.63) is 29.2 Å². The first-order chi connectivity index (χ1) is 11.1. The van der Waals surface area contributed by atoms with Gasteiger partial charge < -0.3 is 9.84 Å². The Hall–Kier alpha value is -2.10. The lowest BCUT2D eigenvalue weighted by molar-refractivity contribution is -0.0616. The Kier molecular flexibility index (Phi) is 3.82. The third kappa shape index (κ3) is 2.85. The van der Waals surface area contributed by atoms with Crippen LogP contribution in [0.5, 0.6) is 0 Å². The van der Waals surface area contributed by atoms with Crippen LogP contribution in [0, 0.1) is 17.2 Å². The van der Waals surface area contributed by atoms with Crippen molar-refractivity contribution in [3.63, 3.8) is 0 Å². The van der Waals surface area contributed by atoms with Crippen molar-refractivity contribution < 1.29 is 14.6 Å². The molecule has 0 amide bonds. The molecule has 6 nitrogen and oxygen atoms in total. The van der Waals surface area contributed by atoms with Crippen LogP contribution >= 0.6 is 11.6 Å². The molecule has 1 aliphatic carbocycles. The molecule has 24 heavy (non-hydrogen) atoms. The number of ether oxygens (including phenoxy) is 1. The molecule has 0 bridgehead atoms. The molecular weight excluding hydrogens is 330 g/mol. The molecule has 2 aromatic heterocycles. The lowest BCUT2D eigenvalue weighted by Gasteiger charge is -2.40. The van der Waals surface area contributed by atoms with Gasteiger partial charge in [-0.25, -0.2) is 9.78 Å². The van der Waals surface area contributed by atoms with E-state index < -0.39 is 17.3 Å². The minimum atomic E-state index is -1.14. The second-order valence-electron chi connectivity index (χ2n) is 7.18. The van der Waals surface area contributed by atoms with Gasteiger partial charge in [-0.15, -0.1) is 0 Å². The second kappa shape index (κ2) is 5.47. The molecule has 2 heterocycles. The minimum absolute atomic E-state index is 0.185. The number of hydrogen-bond acceptors (Lipinski definition) is 5. The topological polar surface area (TPSA) is 88.1 Å². The zero-order valence-electron chi connectivity index (χ0n) is 13.7. The van der Waals surface area contributed by atoms with Gasteiger partial charge in [0, 0.05) is 29.4 Å². The van der Waals surface area contributed by atoms with Crippen LogP contribution in [0.25, 0.3) is 10.9 Å². The van der Waals surface area contributed by atoms with Crippen LogP contribution in [0.3, 0.4) is 0 Å². The number of aromatic nitrogens is 2. The first kappa shape index (κ1) is 16.7. The van der Waals surface area contributed by atoms with E-state index in [1.165, 1.54) is 10.8 Å². The van der Waals surface area contributed by atoms with E-state index in [1.807, 2.05) is 0 Å². The van der Waals surface area contributed by atoms with Gasteiger partial charge in [-0.05, 0) is 33.6 Å². The van der Waals surface area contributed by atoms with Crippen LogP contribution in [0.15, 0.2) is 18.5 Å². The van der Waals surface area contributed by atoms with Crippen LogP contribution in [0.1, 0.15) is 39.2 Å². The molecule has 3 rings (SSSR count). The van der Waals surface area contributed by atoms with Gasteiger partial charge in [-0.1, -0.05) is 11.6 Å². The summed E-state index contributed by atoms with van der Waals surface area (Å²) in [5, 5.41) is 20.6. The number of rotatable bonds is 1. The van der Waals surface area contributed by atoms with Crippen molar-refractivity contribution >= 4 is 28.6 Å². The SMILES string of the molecule is CC(C)(C)OC(=O)n1cc(C2(O)CC(C#N)C2)c2cnc(Cl)cc21. The Morgan fingerprint density at radius 2 is 2.21 bits per heavy atom. The zero-order valence-corrected chi connectivity index (χ0v) is 14.5. The third-order valence-corrected chi connectivity index (χ3v) is 4.31. The number of hydrogen-bond donors (Lipinski definition) is 1. The quantitative estimate of drug-likeness (QED) is 0.796. The zero-order chi connectivity index (χ0) is 17.7. The van der Waals surface area contributed by atoms with E-state index in [4.69, 9.17) is 21.6 Å². The van der Waals surface area contributed by atoms with Crippen LogP contribution in [-0.2, 0) is 10.3 Å². The molecule has 0 aromatic carbocycles. The van der Waals surface area contributed by atoms with Gasteiger partial charge in [-0.2, -0.15) is 5.26 Å². The van der Waals surface area contributed by atoms with Crippen molar-refractivity contribution in [2.75, 3.05) is 0 Å². The highest BCUT2D eigenvalue weighted by atomic mass is 35.5. The highest BCUT2D eigenvalue weighted by Gasteiger charge is 2.46. The molecule has 1 aliphatic rings. The number of fused-ring (bicyclic) bond motifs is 1. The molecule has 1 N–H and O–H groups in total. The second-order valence-corrected chi connectivity index (χ2v) is 7.57. The molecule has 7 heteroatoms. The molecule has 1 fully saturated rings. The van der Waals surface area contributed by atoms with E-state index in [0.717, 1.165) is 0 Å². The molecule has 0 spiro atoms. The highest BCUT2D eigenvalue weighted by molar-refractivity contribution is 6.30. The molecule has 0 saturated heterocycles. The molecule has 0 atom stereocenters. The Morgan fingerprint density at radius 3 is 2.79 bits per heavy atom. The van der Waals surface area contributed by atoms with Gasteiger partial charge in [0.2, 0.25) is 0 Å². The fraction of sp³-hybridized carbons (Fsp3) is 0.471. The number of carbonyl (C=O) groups is 1. The predicted molar refractivity (Wildman–Crippen MR) is 88.6 cm³/mol. The summed E-state index contributed by atoms with van der Waals surface area (Å²) in [6.45, 7) is 5.34. The highest BCUT2D eigenvalue weighted by Crippen LogP contribution is 2.48. The number of nitriles is 1. The minimum Gasteiger partial charge on any atom is -0.443 e. The van der Waals surface area contributed by atoms with E-state index >= 15 is 0 Å². The average molecular weight is 348 g/mol. The fourth-order valence-corrected chi connectivity index (χ4v) is 3.15. The van der Waals surface area contributed by atoms with Gasteiger partial charge in [0.25, 0.3) is 0 Å². The summed E-state index contributed by atoms with van der Waals surface area (Å²) in [5.41, 5.74) is -0.696. The molecule has 0 radical (unpaired) electrons. The maximum atomic E-state index is 12.5. The predicted octanol–water partition coefficient (Wildman–Crippen LogP) is 3.59. The monoisotopic (exact) mass is 347 g/mol. The number of nitrogens with zero attached hydrogens (tertiary/aromatic N) is 3. The van der Waals surface area contributed by atoms with Crippen LogP contribution in [-0.4, -0.2) is 26.4 Å². The first-order valence-corrected chi connectivity index (χ1v) is 8.03. The largest absolute Gasteiger partial charge is 0.443 e. The lowest BCUT2D eigenvalue weighted by atomic mass is 9.68. The van der Waals surface area contributed by atoms with Gasteiger partial charge in [0.05, 0.1) is 23.1 Å². The Balaban J connectivity index is 2.09. The number of pyridine rings is 1. The standard InChI is InChI=1S/C17H18ClN3O3/c1-16(2,3)24-15(22)21-9-12(17(23)5-10(6-17)7-19)11-8-20-14(18)4-13(11)21/h4,8-10,23H,5-6H2,1-3H3. The van der Waals surface area contributed by atoms with E-state index in [9.17, 15) is 9.90 Å². The van der Waals surface area contributed by atoms with Crippen LogP contribution in [0.4, 0.5) is 4.79 Å². The molecule has 0 aliphatic heterocycles. The van der Waals surface area contributed by atoms with E-state index in [1.54, 1.807) is 33.0 Å². The van der Waals surface area contributed by atoms with E-state index in [-0.39, 0.29) is 11.1 Å². The van der Waals surface area contributed by atoms with Gasteiger partial charge in [0.1, 0.15) is 10.8 Å². The summed E-state index contributed by atoms with van der Waals surface area (Å²) in [5.74, 6) is -0.185. The van der Waals surface area contributed by atoms with Gasteiger partial charge in [-0.3, -0.25) is 4.57 Å². The summed E-state index contributed by atoms with van der Waals surface area (Å²) < 4.78 is 6.75.